The monoisotopic (exact) mass is 388 g/mol. The zero-order valence-corrected chi connectivity index (χ0v) is 16.5. The highest BCUT2D eigenvalue weighted by molar-refractivity contribution is 5.96. The van der Waals surface area contributed by atoms with Crippen LogP contribution in [0.3, 0.4) is 0 Å². The topological polar surface area (TPSA) is 67.3 Å². The Balaban J connectivity index is 1.74. The molecule has 1 N–H and O–H groups in total. The van der Waals surface area contributed by atoms with Gasteiger partial charge in [-0.15, -0.1) is 0 Å². The molecule has 0 radical (unpaired) electrons. The van der Waals surface area contributed by atoms with Gasteiger partial charge in [-0.25, -0.2) is 14.8 Å². The number of ether oxygens (including phenoxy) is 1. The van der Waals surface area contributed by atoms with Gasteiger partial charge in [-0.2, -0.15) is 0 Å². The van der Waals surface area contributed by atoms with Crippen LogP contribution in [0.15, 0.2) is 60.7 Å². The van der Waals surface area contributed by atoms with Crippen molar-refractivity contribution in [1.82, 2.24) is 9.97 Å². The van der Waals surface area contributed by atoms with Gasteiger partial charge in [-0.3, -0.25) is 0 Å². The molecule has 6 nitrogen and oxygen atoms in total. The van der Waals surface area contributed by atoms with E-state index in [9.17, 15) is 4.79 Å². The number of carbonyl (C=O) groups excluding carboxylic acids is 1. The van der Waals surface area contributed by atoms with Crippen LogP contribution in [-0.2, 0) is 4.74 Å². The minimum atomic E-state index is -0.387. The Hall–Kier alpha value is -3.41. The van der Waals surface area contributed by atoms with Crippen molar-refractivity contribution < 1.29 is 9.53 Å². The molecule has 2 heterocycles. The van der Waals surface area contributed by atoms with Crippen molar-refractivity contribution in [2.24, 2.45) is 0 Å². The Labute approximate surface area is 170 Å². The zero-order valence-electron chi connectivity index (χ0n) is 16.5. The van der Waals surface area contributed by atoms with E-state index in [1.165, 1.54) is 26.4 Å². The molecule has 0 spiro atoms. The number of nitrogens with one attached hydrogen (secondary N) is 1. The fourth-order valence-electron chi connectivity index (χ4n) is 3.52. The first-order chi connectivity index (χ1) is 14.2. The van der Waals surface area contributed by atoms with Crippen LogP contribution in [0.4, 0.5) is 17.3 Å². The third kappa shape index (κ3) is 4.37. The molecule has 29 heavy (non-hydrogen) atoms. The standard InChI is InChI=1S/C23H24N4O2/c1-29-23(28)18-12-6-7-13-19(18)24-20-16-21(27-14-8-3-9-15-27)26-22(25-20)17-10-4-2-5-11-17/h2,4-7,10-13,16H,3,8-9,14-15H2,1H3,(H,24,25,26). The van der Waals surface area contributed by atoms with Crippen LogP contribution in [0.2, 0.25) is 0 Å². The Bertz CT molecular complexity index is 985. The van der Waals surface area contributed by atoms with E-state index in [0.29, 0.717) is 22.9 Å². The minimum Gasteiger partial charge on any atom is -0.465 e. The number of para-hydroxylation sites is 1. The number of anilines is 3. The fraction of sp³-hybridized carbons (Fsp3) is 0.261. The van der Waals surface area contributed by atoms with Crippen molar-refractivity contribution in [2.45, 2.75) is 19.3 Å². The first-order valence-electron chi connectivity index (χ1n) is 9.88. The maximum atomic E-state index is 12.1. The van der Waals surface area contributed by atoms with Crippen LogP contribution in [-0.4, -0.2) is 36.1 Å². The Morgan fingerprint density at radius 2 is 1.69 bits per heavy atom. The summed E-state index contributed by atoms with van der Waals surface area (Å²) in [6.07, 6.45) is 3.59. The molecule has 4 rings (SSSR count). The molecule has 2 aromatic carbocycles. The third-order valence-electron chi connectivity index (χ3n) is 5.02. The predicted octanol–water partition coefficient (Wildman–Crippen LogP) is 4.66. The van der Waals surface area contributed by atoms with Crippen molar-refractivity contribution in [2.75, 3.05) is 30.4 Å². The van der Waals surface area contributed by atoms with E-state index >= 15 is 0 Å². The molecule has 1 aliphatic rings. The van der Waals surface area contributed by atoms with E-state index in [-0.39, 0.29) is 5.97 Å². The second-order valence-corrected chi connectivity index (χ2v) is 7.01. The smallest absolute Gasteiger partial charge is 0.339 e. The van der Waals surface area contributed by atoms with E-state index in [1.54, 1.807) is 6.07 Å². The summed E-state index contributed by atoms with van der Waals surface area (Å²) in [6.45, 7) is 1.98. The highest BCUT2D eigenvalue weighted by Gasteiger charge is 2.17. The maximum Gasteiger partial charge on any atom is 0.339 e. The molecule has 0 aliphatic carbocycles. The third-order valence-corrected chi connectivity index (χ3v) is 5.02. The quantitative estimate of drug-likeness (QED) is 0.641. The van der Waals surface area contributed by atoms with E-state index in [0.717, 1.165) is 24.5 Å². The lowest BCUT2D eigenvalue weighted by Crippen LogP contribution is -2.30. The van der Waals surface area contributed by atoms with Crippen molar-refractivity contribution in [3.8, 4) is 11.4 Å². The molecule has 0 bridgehead atoms. The number of piperidine rings is 1. The highest BCUT2D eigenvalue weighted by atomic mass is 16.5. The molecule has 1 aliphatic heterocycles. The largest absolute Gasteiger partial charge is 0.465 e. The van der Waals surface area contributed by atoms with Gasteiger partial charge in [0.15, 0.2) is 5.82 Å². The van der Waals surface area contributed by atoms with Gasteiger partial charge in [0, 0.05) is 24.7 Å². The average Bonchev–Trinajstić information content (AvgIpc) is 2.80. The van der Waals surface area contributed by atoms with Crippen LogP contribution in [0.25, 0.3) is 11.4 Å². The number of benzene rings is 2. The van der Waals surface area contributed by atoms with Crippen molar-refractivity contribution >= 4 is 23.3 Å². The minimum absolute atomic E-state index is 0.387. The Morgan fingerprint density at radius 1 is 0.966 bits per heavy atom. The molecule has 1 fully saturated rings. The van der Waals surface area contributed by atoms with Crippen molar-refractivity contribution in [1.29, 1.82) is 0 Å². The van der Waals surface area contributed by atoms with Crippen molar-refractivity contribution in [3.05, 3.63) is 66.2 Å². The van der Waals surface area contributed by atoms with E-state index in [2.05, 4.69) is 10.2 Å². The van der Waals surface area contributed by atoms with Crippen molar-refractivity contribution in [3.63, 3.8) is 0 Å². The molecular weight excluding hydrogens is 364 g/mol. The van der Waals surface area contributed by atoms with Crippen LogP contribution in [0, 0.1) is 0 Å². The van der Waals surface area contributed by atoms with E-state index < -0.39 is 0 Å². The van der Waals surface area contributed by atoms with Crippen LogP contribution < -0.4 is 10.2 Å². The maximum absolute atomic E-state index is 12.1. The SMILES string of the molecule is COC(=O)c1ccccc1Nc1cc(N2CCCCC2)nc(-c2ccccc2)n1. The molecule has 148 valence electrons. The molecule has 0 saturated carbocycles. The van der Waals surface area contributed by atoms with Gasteiger partial charge in [0.05, 0.1) is 18.4 Å². The summed E-state index contributed by atoms with van der Waals surface area (Å²) >= 11 is 0. The normalized spacial score (nSPS) is 13.8. The summed E-state index contributed by atoms with van der Waals surface area (Å²) in [5.41, 5.74) is 2.08. The van der Waals surface area contributed by atoms with Gasteiger partial charge in [0.1, 0.15) is 11.6 Å². The molecule has 0 atom stereocenters. The predicted molar refractivity (Wildman–Crippen MR) is 115 cm³/mol. The van der Waals surface area contributed by atoms with E-state index in [1.807, 2.05) is 54.6 Å². The summed E-state index contributed by atoms with van der Waals surface area (Å²) in [6, 6.07) is 19.2. The lowest BCUT2D eigenvalue weighted by molar-refractivity contribution is 0.0602. The zero-order chi connectivity index (χ0) is 20.1. The van der Waals surface area contributed by atoms with Gasteiger partial charge >= 0.3 is 5.97 Å². The second kappa shape index (κ2) is 8.73. The van der Waals surface area contributed by atoms with Gasteiger partial charge in [-0.05, 0) is 31.4 Å². The van der Waals surface area contributed by atoms with Gasteiger partial charge in [0.2, 0.25) is 0 Å². The summed E-state index contributed by atoms with van der Waals surface area (Å²) in [7, 11) is 1.38. The molecule has 6 heteroatoms. The number of esters is 1. The number of rotatable bonds is 5. The second-order valence-electron chi connectivity index (χ2n) is 7.01. The first kappa shape index (κ1) is 18.9. The van der Waals surface area contributed by atoms with Gasteiger partial charge in [0.25, 0.3) is 0 Å². The number of hydrogen-bond donors (Lipinski definition) is 1. The van der Waals surface area contributed by atoms with Gasteiger partial charge < -0.3 is 15.0 Å². The first-order valence-corrected chi connectivity index (χ1v) is 9.88. The molecule has 1 aromatic heterocycles. The van der Waals surface area contributed by atoms with E-state index in [4.69, 9.17) is 14.7 Å². The molecular formula is C23H24N4O2. The van der Waals surface area contributed by atoms with Crippen LogP contribution in [0.5, 0.6) is 0 Å². The van der Waals surface area contributed by atoms with Gasteiger partial charge in [-0.1, -0.05) is 42.5 Å². The molecule has 0 unspecified atom stereocenters. The number of nitrogens with zero attached hydrogens (tertiary/aromatic N) is 3. The average molecular weight is 388 g/mol. The summed E-state index contributed by atoms with van der Waals surface area (Å²) in [4.78, 5) is 24.0. The molecule has 0 amide bonds. The number of aromatic nitrogens is 2. The highest BCUT2D eigenvalue weighted by Crippen LogP contribution is 2.27. The molecule has 3 aromatic rings. The number of methoxy groups -OCH3 is 1. The summed E-state index contributed by atoms with van der Waals surface area (Å²) in [5, 5.41) is 3.30. The lowest BCUT2D eigenvalue weighted by Gasteiger charge is -2.28. The summed E-state index contributed by atoms with van der Waals surface area (Å²) < 4.78 is 4.91. The Kier molecular flexibility index (Phi) is 5.70. The van der Waals surface area contributed by atoms with Crippen LogP contribution >= 0.6 is 0 Å². The number of hydrogen-bond acceptors (Lipinski definition) is 6. The fourth-order valence-corrected chi connectivity index (χ4v) is 3.52. The lowest BCUT2D eigenvalue weighted by atomic mass is 10.1. The Morgan fingerprint density at radius 3 is 2.45 bits per heavy atom. The van der Waals surface area contributed by atoms with Crippen LogP contribution in [0.1, 0.15) is 29.6 Å². The summed E-state index contributed by atoms with van der Waals surface area (Å²) in [5.74, 6) is 1.82. The number of carbonyl (C=O) groups is 1. The molecule has 1 saturated heterocycles.